The Hall–Kier alpha value is -2.53. The Morgan fingerprint density at radius 2 is 1.67 bits per heavy atom. The Labute approximate surface area is 142 Å². The molecule has 0 radical (unpaired) electrons. The molecule has 0 fully saturated rings. The Morgan fingerprint density at radius 1 is 1.08 bits per heavy atom. The number of carbonyl (C=O) groups excluding carboxylic acids is 1. The van der Waals surface area contributed by atoms with Crippen LogP contribution in [0.2, 0.25) is 0 Å². The highest BCUT2D eigenvalue weighted by Crippen LogP contribution is 2.32. The van der Waals surface area contributed by atoms with Gasteiger partial charge in [0.05, 0.1) is 5.56 Å². The number of phenols is 2. The van der Waals surface area contributed by atoms with E-state index >= 15 is 0 Å². The lowest BCUT2D eigenvalue weighted by atomic mass is 9.98. The van der Waals surface area contributed by atoms with E-state index in [9.17, 15) is 15.0 Å². The van der Waals surface area contributed by atoms with Crippen LogP contribution in [0, 0.1) is 0 Å². The first-order chi connectivity index (χ1) is 11.3. The zero-order valence-electron chi connectivity index (χ0n) is 14.3. The van der Waals surface area contributed by atoms with Crippen LogP contribution >= 0.6 is 0 Å². The maximum Gasteiger partial charge on any atom is 0.257 e. The molecule has 0 unspecified atom stereocenters. The molecule has 0 aliphatic rings. The van der Waals surface area contributed by atoms with Crippen molar-refractivity contribution in [3.63, 3.8) is 0 Å². The number of rotatable bonds is 5. The van der Waals surface area contributed by atoms with Gasteiger partial charge in [-0.2, -0.15) is 0 Å². The van der Waals surface area contributed by atoms with Gasteiger partial charge in [-0.15, -0.1) is 0 Å². The van der Waals surface area contributed by atoms with Gasteiger partial charge in [-0.05, 0) is 28.7 Å². The summed E-state index contributed by atoms with van der Waals surface area (Å²) in [6.07, 6.45) is 0. The summed E-state index contributed by atoms with van der Waals surface area (Å²) in [4.78, 5) is 14.2. The molecule has 5 nitrogen and oxygen atoms in total. The zero-order chi connectivity index (χ0) is 17.9. The van der Waals surface area contributed by atoms with Gasteiger partial charge in [-0.25, -0.2) is 0 Å². The number of nitrogens with two attached hydrogens (primary N) is 1. The van der Waals surface area contributed by atoms with Gasteiger partial charge >= 0.3 is 0 Å². The second-order valence-electron chi connectivity index (χ2n) is 6.26. The minimum Gasteiger partial charge on any atom is -0.508 e. The van der Waals surface area contributed by atoms with Crippen molar-refractivity contribution in [3.8, 4) is 11.5 Å². The highest BCUT2D eigenvalue weighted by atomic mass is 16.3. The number of hydrogen-bond donors (Lipinski definition) is 3. The monoisotopic (exact) mass is 328 g/mol. The van der Waals surface area contributed by atoms with Crippen LogP contribution in [0.15, 0.2) is 36.4 Å². The van der Waals surface area contributed by atoms with Crippen LogP contribution < -0.4 is 5.73 Å². The molecule has 0 saturated carbocycles. The van der Waals surface area contributed by atoms with Gasteiger partial charge in [-0.1, -0.05) is 38.1 Å². The summed E-state index contributed by atoms with van der Waals surface area (Å²) in [5.74, 6) is -0.463. The molecule has 0 spiro atoms. The molecule has 2 rings (SSSR count). The first-order valence-electron chi connectivity index (χ1n) is 7.92. The number of phenolic OH excluding ortho intramolecular Hbond substituents is 2. The predicted molar refractivity (Wildman–Crippen MR) is 94.0 cm³/mol. The fourth-order valence-electron chi connectivity index (χ4n) is 2.56. The van der Waals surface area contributed by atoms with Crippen molar-refractivity contribution in [2.75, 3.05) is 7.05 Å². The second-order valence-corrected chi connectivity index (χ2v) is 6.26. The molecular formula is C19H24N2O3. The molecule has 24 heavy (non-hydrogen) atoms. The molecule has 2 aromatic rings. The van der Waals surface area contributed by atoms with E-state index < -0.39 is 0 Å². The van der Waals surface area contributed by atoms with Gasteiger partial charge in [0, 0.05) is 26.2 Å². The molecule has 0 aliphatic heterocycles. The summed E-state index contributed by atoms with van der Waals surface area (Å²) in [5.41, 5.74) is 8.42. The number of nitrogens with zero attached hydrogens (tertiary/aromatic N) is 1. The molecule has 5 heteroatoms. The molecule has 0 atom stereocenters. The SMILES string of the molecule is CC(C)c1cc(C(=O)N(C)Cc2ccc(CN)cc2)c(O)cc1O. The van der Waals surface area contributed by atoms with E-state index in [2.05, 4.69) is 0 Å². The molecule has 0 bridgehead atoms. The van der Waals surface area contributed by atoms with Gasteiger partial charge in [0.25, 0.3) is 5.91 Å². The average molecular weight is 328 g/mol. The van der Waals surface area contributed by atoms with Gasteiger partial charge < -0.3 is 20.8 Å². The third-order valence-corrected chi connectivity index (χ3v) is 4.02. The first-order valence-corrected chi connectivity index (χ1v) is 7.92. The van der Waals surface area contributed by atoms with E-state index in [0.29, 0.717) is 18.7 Å². The number of carbonyl (C=O) groups is 1. The number of hydrogen-bond acceptors (Lipinski definition) is 4. The highest BCUT2D eigenvalue weighted by Gasteiger charge is 2.20. The summed E-state index contributed by atoms with van der Waals surface area (Å²) in [5, 5.41) is 19.9. The van der Waals surface area contributed by atoms with Crippen LogP contribution in [0.3, 0.4) is 0 Å². The molecule has 0 aliphatic carbocycles. The minimum atomic E-state index is -0.294. The quantitative estimate of drug-likeness (QED) is 0.787. The third kappa shape index (κ3) is 3.86. The summed E-state index contributed by atoms with van der Waals surface area (Å²) in [6, 6.07) is 10.5. The molecule has 2 aromatic carbocycles. The Balaban J connectivity index is 2.22. The summed E-state index contributed by atoms with van der Waals surface area (Å²) < 4.78 is 0. The van der Waals surface area contributed by atoms with Crippen molar-refractivity contribution in [3.05, 3.63) is 58.7 Å². The Bertz CT molecular complexity index is 724. The maximum atomic E-state index is 12.6. The van der Waals surface area contributed by atoms with Crippen molar-refractivity contribution in [2.45, 2.75) is 32.9 Å². The first kappa shape index (κ1) is 17.8. The van der Waals surface area contributed by atoms with E-state index in [4.69, 9.17) is 5.73 Å². The Morgan fingerprint density at radius 3 is 2.21 bits per heavy atom. The van der Waals surface area contributed by atoms with Crippen molar-refractivity contribution >= 4 is 5.91 Å². The summed E-state index contributed by atoms with van der Waals surface area (Å²) >= 11 is 0. The van der Waals surface area contributed by atoms with E-state index in [0.717, 1.165) is 11.1 Å². The number of aromatic hydroxyl groups is 2. The highest BCUT2D eigenvalue weighted by molar-refractivity contribution is 5.97. The largest absolute Gasteiger partial charge is 0.508 e. The minimum absolute atomic E-state index is 0.000855. The lowest BCUT2D eigenvalue weighted by molar-refractivity contribution is 0.0782. The molecule has 1 amide bonds. The van der Waals surface area contributed by atoms with Crippen LogP contribution in [0.1, 0.15) is 46.8 Å². The molecule has 4 N–H and O–H groups in total. The number of benzene rings is 2. The fourth-order valence-corrected chi connectivity index (χ4v) is 2.56. The van der Waals surface area contributed by atoms with Crippen LogP contribution in [0.4, 0.5) is 0 Å². The van der Waals surface area contributed by atoms with Gasteiger partial charge in [0.1, 0.15) is 11.5 Å². The molecule has 0 aromatic heterocycles. The summed E-state index contributed by atoms with van der Waals surface area (Å²) in [7, 11) is 1.68. The maximum absolute atomic E-state index is 12.6. The average Bonchev–Trinajstić information content (AvgIpc) is 2.54. The van der Waals surface area contributed by atoms with E-state index in [1.165, 1.54) is 11.0 Å². The Kier molecular flexibility index (Phi) is 5.46. The number of amides is 1. The molecular weight excluding hydrogens is 304 g/mol. The van der Waals surface area contributed by atoms with Crippen LogP contribution in [-0.2, 0) is 13.1 Å². The topological polar surface area (TPSA) is 86.8 Å². The summed E-state index contributed by atoms with van der Waals surface area (Å²) in [6.45, 7) is 4.74. The van der Waals surface area contributed by atoms with Gasteiger partial charge in [0.15, 0.2) is 0 Å². The van der Waals surface area contributed by atoms with Crippen molar-refractivity contribution in [2.24, 2.45) is 5.73 Å². The van der Waals surface area contributed by atoms with Crippen LogP contribution in [0.25, 0.3) is 0 Å². The fraction of sp³-hybridized carbons (Fsp3) is 0.316. The lowest BCUT2D eigenvalue weighted by Crippen LogP contribution is -2.26. The molecule has 0 saturated heterocycles. The van der Waals surface area contributed by atoms with Crippen molar-refractivity contribution in [1.82, 2.24) is 4.90 Å². The van der Waals surface area contributed by atoms with Crippen LogP contribution in [-0.4, -0.2) is 28.1 Å². The molecule has 128 valence electrons. The van der Waals surface area contributed by atoms with E-state index in [-0.39, 0.29) is 28.9 Å². The van der Waals surface area contributed by atoms with E-state index in [1.807, 2.05) is 38.1 Å². The van der Waals surface area contributed by atoms with Crippen LogP contribution in [0.5, 0.6) is 11.5 Å². The van der Waals surface area contributed by atoms with Crippen molar-refractivity contribution < 1.29 is 15.0 Å². The smallest absolute Gasteiger partial charge is 0.257 e. The predicted octanol–water partition coefficient (Wildman–Crippen LogP) is 2.95. The lowest BCUT2D eigenvalue weighted by Gasteiger charge is -2.19. The second kappa shape index (κ2) is 7.36. The van der Waals surface area contributed by atoms with Gasteiger partial charge in [0.2, 0.25) is 0 Å². The molecule has 0 heterocycles. The van der Waals surface area contributed by atoms with Gasteiger partial charge in [-0.3, -0.25) is 4.79 Å². The zero-order valence-corrected chi connectivity index (χ0v) is 14.3. The third-order valence-electron chi connectivity index (χ3n) is 4.02. The normalized spacial score (nSPS) is 10.9. The standard InChI is InChI=1S/C19H24N2O3/c1-12(2)15-8-16(18(23)9-17(15)22)19(24)21(3)11-14-6-4-13(10-20)5-7-14/h4-9,12,22-23H,10-11,20H2,1-3H3. The van der Waals surface area contributed by atoms with E-state index in [1.54, 1.807) is 13.1 Å². The van der Waals surface area contributed by atoms with Crippen molar-refractivity contribution in [1.29, 1.82) is 0 Å².